The van der Waals surface area contributed by atoms with Gasteiger partial charge in [-0.3, -0.25) is 4.68 Å². The molecule has 0 aromatic carbocycles. The van der Waals surface area contributed by atoms with Gasteiger partial charge in [-0.05, 0) is 17.3 Å². The Labute approximate surface area is 58.1 Å². The summed E-state index contributed by atoms with van der Waals surface area (Å²) in [7, 11) is 1.81. The highest BCUT2D eigenvalue weighted by atomic mass is 16.2. The van der Waals surface area contributed by atoms with Gasteiger partial charge in [0.15, 0.2) is 0 Å². The Kier molecular flexibility index (Phi) is 1.94. The third-order valence-electron chi connectivity index (χ3n) is 1.04. The van der Waals surface area contributed by atoms with Crippen molar-refractivity contribution in [3.8, 4) is 0 Å². The molecule has 4 nitrogen and oxygen atoms in total. The molecule has 0 bridgehead atoms. The average Bonchev–Trinajstić information content (AvgIpc) is 2.31. The van der Waals surface area contributed by atoms with Gasteiger partial charge in [-0.15, -0.1) is 4.91 Å². The van der Waals surface area contributed by atoms with Gasteiger partial charge in [0.05, 0.1) is 11.9 Å². The zero-order chi connectivity index (χ0) is 7.40. The van der Waals surface area contributed by atoms with Crippen molar-refractivity contribution in [1.82, 2.24) is 9.78 Å². The second kappa shape index (κ2) is 2.91. The first kappa shape index (κ1) is 6.67. The molecular formula is C6H7N3O. The van der Waals surface area contributed by atoms with Crippen molar-refractivity contribution in [1.29, 1.82) is 0 Å². The van der Waals surface area contributed by atoms with E-state index < -0.39 is 0 Å². The highest BCUT2D eigenvalue weighted by Crippen LogP contribution is 1.96. The third-order valence-corrected chi connectivity index (χ3v) is 1.04. The van der Waals surface area contributed by atoms with E-state index in [-0.39, 0.29) is 0 Å². The Balaban J connectivity index is 2.75. The smallest absolute Gasteiger partial charge is 0.0867 e. The summed E-state index contributed by atoms with van der Waals surface area (Å²) < 4.78 is 1.66. The molecule has 1 aromatic rings. The first-order valence-corrected chi connectivity index (χ1v) is 2.81. The van der Waals surface area contributed by atoms with Crippen molar-refractivity contribution >= 4 is 6.08 Å². The summed E-state index contributed by atoms with van der Waals surface area (Å²) >= 11 is 0. The number of hydrogen-bond donors (Lipinski definition) is 0. The van der Waals surface area contributed by atoms with Gasteiger partial charge in [-0.25, -0.2) is 0 Å². The van der Waals surface area contributed by atoms with Gasteiger partial charge >= 0.3 is 0 Å². The monoisotopic (exact) mass is 137 g/mol. The molecule has 1 heterocycles. The highest BCUT2D eigenvalue weighted by molar-refractivity contribution is 5.42. The molecule has 0 unspecified atom stereocenters. The van der Waals surface area contributed by atoms with Gasteiger partial charge in [0.25, 0.3) is 0 Å². The molecule has 1 aromatic heterocycles. The van der Waals surface area contributed by atoms with Crippen LogP contribution in [0.15, 0.2) is 23.6 Å². The van der Waals surface area contributed by atoms with Gasteiger partial charge in [-0.1, -0.05) is 0 Å². The summed E-state index contributed by atoms with van der Waals surface area (Å²) in [5, 5.41) is 6.54. The number of nitroso groups, excluding NO2 is 1. The summed E-state index contributed by atoms with van der Waals surface area (Å²) in [6.45, 7) is 0. The molecule has 10 heavy (non-hydrogen) atoms. The van der Waals surface area contributed by atoms with Crippen LogP contribution in [0.1, 0.15) is 5.69 Å². The average molecular weight is 137 g/mol. The standard InChI is InChI=1S/C6H7N3O/c1-9-5-3-6(8-9)2-4-7-10/h2-5H,1H3/b4-2+. The largest absolute Gasteiger partial charge is 0.275 e. The quantitative estimate of drug-likeness (QED) is 0.574. The maximum absolute atomic E-state index is 9.61. The predicted octanol–water partition coefficient (Wildman–Crippen LogP) is 1.16. The van der Waals surface area contributed by atoms with Crippen molar-refractivity contribution in [3.63, 3.8) is 0 Å². The number of aryl methyl sites for hydroxylation is 1. The van der Waals surface area contributed by atoms with Crippen LogP contribution in [0.3, 0.4) is 0 Å². The van der Waals surface area contributed by atoms with Crippen molar-refractivity contribution < 1.29 is 0 Å². The second-order valence-corrected chi connectivity index (χ2v) is 1.84. The number of hydrogen-bond acceptors (Lipinski definition) is 3. The van der Waals surface area contributed by atoms with Crippen LogP contribution in [-0.2, 0) is 7.05 Å². The molecule has 0 fully saturated rings. The molecule has 0 saturated heterocycles. The molecule has 0 atom stereocenters. The lowest BCUT2D eigenvalue weighted by atomic mass is 10.4. The summed E-state index contributed by atoms with van der Waals surface area (Å²) in [5.41, 5.74) is 0.738. The third kappa shape index (κ3) is 1.51. The normalized spacial score (nSPS) is 10.5. The van der Waals surface area contributed by atoms with Crippen LogP contribution < -0.4 is 0 Å². The Hall–Kier alpha value is -1.45. The molecule has 0 radical (unpaired) electrons. The van der Waals surface area contributed by atoms with E-state index in [4.69, 9.17) is 0 Å². The Morgan fingerprint density at radius 2 is 2.60 bits per heavy atom. The molecule has 4 heteroatoms. The van der Waals surface area contributed by atoms with E-state index in [9.17, 15) is 4.91 Å². The topological polar surface area (TPSA) is 47.2 Å². The summed E-state index contributed by atoms with van der Waals surface area (Å²) in [6.07, 6.45) is 4.51. The molecule has 52 valence electrons. The molecule has 0 spiro atoms. The van der Waals surface area contributed by atoms with Crippen LogP contribution >= 0.6 is 0 Å². The molecule has 0 amide bonds. The molecule has 0 aliphatic heterocycles. The first-order chi connectivity index (χ1) is 4.83. The Morgan fingerprint density at radius 3 is 3.10 bits per heavy atom. The maximum Gasteiger partial charge on any atom is 0.0867 e. The minimum Gasteiger partial charge on any atom is -0.275 e. The van der Waals surface area contributed by atoms with E-state index >= 15 is 0 Å². The van der Waals surface area contributed by atoms with E-state index in [0.29, 0.717) is 0 Å². The van der Waals surface area contributed by atoms with Crippen molar-refractivity contribution in [2.24, 2.45) is 12.2 Å². The van der Waals surface area contributed by atoms with Crippen LogP contribution in [-0.4, -0.2) is 9.78 Å². The zero-order valence-electron chi connectivity index (χ0n) is 5.56. The van der Waals surface area contributed by atoms with Gasteiger partial charge in [-0.2, -0.15) is 5.10 Å². The SMILES string of the molecule is Cn1ccc(/C=C/N=O)n1. The number of rotatable bonds is 2. The predicted molar refractivity (Wildman–Crippen MR) is 38.0 cm³/mol. The summed E-state index contributed by atoms with van der Waals surface area (Å²) in [5.74, 6) is 0. The second-order valence-electron chi connectivity index (χ2n) is 1.84. The molecule has 0 saturated carbocycles. The number of aromatic nitrogens is 2. The van der Waals surface area contributed by atoms with Gasteiger partial charge in [0, 0.05) is 13.2 Å². The Morgan fingerprint density at radius 1 is 1.80 bits per heavy atom. The maximum atomic E-state index is 9.61. The van der Waals surface area contributed by atoms with Crippen LogP contribution in [0.25, 0.3) is 6.08 Å². The fourth-order valence-corrected chi connectivity index (χ4v) is 0.629. The molecule has 0 N–H and O–H groups in total. The van der Waals surface area contributed by atoms with Gasteiger partial charge < -0.3 is 0 Å². The summed E-state index contributed by atoms with van der Waals surface area (Å²) in [6, 6.07) is 1.79. The van der Waals surface area contributed by atoms with Gasteiger partial charge in [0.2, 0.25) is 0 Å². The zero-order valence-corrected chi connectivity index (χ0v) is 5.56. The van der Waals surface area contributed by atoms with Crippen LogP contribution in [0.5, 0.6) is 0 Å². The minimum atomic E-state index is 0.738. The lowest BCUT2D eigenvalue weighted by Crippen LogP contribution is -1.86. The van der Waals surface area contributed by atoms with E-state index in [0.717, 1.165) is 5.69 Å². The molecule has 1 rings (SSSR count). The minimum absolute atomic E-state index is 0.738. The molecule has 0 aliphatic carbocycles. The Bertz CT molecular complexity index is 251. The van der Waals surface area contributed by atoms with E-state index in [2.05, 4.69) is 10.3 Å². The van der Waals surface area contributed by atoms with Crippen molar-refractivity contribution in [2.75, 3.05) is 0 Å². The highest BCUT2D eigenvalue weighted by Gasteiger charge is 1.87. The van der Waals surface area contributed by atoms with Crippen LogP contribution in [0.2, 0.25) is 0 Å². The fourth-order valence-electron chi connectivity index (χ4n) is 0.629. The van der Waals surface area contributed by atoms with Gasteiger partial charge in [0.1, 0.15) is 0 Å². The van der Waals surface area contributed by atoms with Crippen LogP contribution in [0.4, 0.5) is 0 Å². The van der Waals surface area contributed by atoms with E-state index in [1.54, 1.807) is 23.0 Å². The number of nitrogens with zero attached hydrogens (tertiary/aromatic N) is 3. The van der Waals surface area contributed by atoms with E-state index in [1.165, 1.54) is 6.20 Å². The van der Waals surface area contributed by atoms with Crippen molar-refractivity contribution in [2.45, 2.75) is 0 Å². The lowest BCUT2D eigenvalue weighted by molar-refractivity contribution is 0.764. The first-order valence-electron chi connectivity index (χ1n) is 2.81. The molecule has 0 aliphatic rings. The van der Waals surface area contributed by atoms with E-state index in [1.807, 2.05) is 7.05 Å². The summed E-state index contributed by atoms with van der Waals surface area (Å²) in [4.78, 5) is 9.61. The van der Waals surface area contributed by atoms with Crippen LogP contribution in [0, 0.1) is 4.91 Å². The molecular weight excluding hydrogens is 130 g/mol. The van der Waals surface area contributed by atoms with Crippen molar-refractivity contribution in [3.05, 3.63) is 29.1 Å². The fraction of sp³-hybridized carbons (Fsp3) is 0.167. The lowest BCUT2D eigenvalue weighted by Gasteiger charge is -1.81.